The Morgan fingerprint density at radius 3 is 2.65 bits per heavy atom. The quantitative estimate of drug-likeness (QED) is 0.843. The first-order chi connectivity index (χ1) is 9.49. The number of carbonyl (C=O) groups is 1. The second-order valence-electron chi connectivity index (χ2n) is 4.43. The van der Waals surface area contributed by atoms with Crippen LogP contribution in [0.25, 0.3) is 0 Å². The second kappa shape index (κ2) is 5.96. The van der Waals surface area contributed by atoms with Crippen LogP contribution in [-0.2, 0) is 0 Å². The molecule has 0 heterocycles. The van der Waals surface area contributed by atoms with E-state index in [1.54, 1.807) is 18.2 Å². The van der Waals surface area contributed by atoms with Crippen LogP contribution >= 0.6 is 15.9 Å². The van der Waals surface area contributed by atoms with Crippen molar-refractivity contribution in [2.24, 2.45) is 0 Å². The molecule has 0 saturated heterocycles. The zero-order valence-electron chi connectivity index (χ0n) is 11.2. The molecule has 3 N–H and O–H groups in total. The fraction of sp³-hybridized carbons (Fsp3) is 0.133. The van der Waals surface area contributed by atoms with E-state index in [9.17, 15) is 4.79 Å². The first-order valence-corrected chi connectivity index (χ1v) is 6.81. The topological polar surface area (TPSA) is 64.3 Å². The fourth-order valence-electron chi connectivity index (χ4n) is 1.86. The third kappa shape index (κ3) is 3.30. The summed E-state index contributed by atoms with van der Waals surface area (Å²) in [6.07, 6.45) is 0. The van der Waals surface area contributed by atoms with E-state index < -0.39 is 0 Å². The molecule has 2 rings (SSSR count). The van der Waals surface area contributed by atoms with Crippen LogP contribution in [0.3, 0.4) is 0 Å². The van der Waals surface area contributed by atoms with Crippen LogP contribution in [0, 0.1) is 6.92 Å². The monoisotopic (exact) mass is 334 g/mol. The molecule has 0 aliphatic heterocycles. The van der Waals surface area contributed by atoms with Gasteiger partial charge in [-0.05, 0) is 48.9 Å². The highest BCUT2D eigenvalue weighted by Gasteiger charge is 2.09. The van der Waals surface area contributed by atoms with E-state index in [1.807, 2.05) is 25.1 Å². The second-order valence-corrected chi connectivity index (χ2v) is 5.34. The average molecular weight is 335 g/mol. The molecular formula is C15H15BrN2O2. The smallest absolute Gasteiger partial charge is 0.255 e. The molecule has 0 atom stereocenters. The third-order valence-corrected chi connectivity index (χ3v) is 3.25. The summed E-state index contributed by atoms with van der Waals surface area (Å²) in [6, 6.07) is 10.7. The fourth-order valence-corrected chi connectivity index (χ4v) is 2.47. The molecule has 20 heavy (non-hydrogen) atoms. The lowest BCUT2D eigenvalue weighted by atomic mass is 10.1. The third-order valence-electron chi connectivity index (χ3n) is 2.80. The summed E-state index contributed by atoms with van der Waals surface area (Å²) in [6.45, 7) is 1.96. The summed E-state index contributed by atoms with van der Waals surface area (Å²) < 4.78 is 6.03. The van der Waals surface area contributed by atoms with Crippen molar-refractivity contribution in [2.75, 3.05) is 18.2 Å². The van der Waals surface area contributed by atoms with Gasteiger partial charge in [-0.1, -0.05) is 15.9 Å². The molecule has 0 spiro atoms. The van der Waals surface area contributed by atoms with Gasteiger partial charge in [0.05, 0.1) is 12.8 Å². The molecule has 104 valence electrons. The molecule has 5 heteroatoms. The first kappa shape index (κ1) is 14.4. The molecule has 0 unspecified atom stereocenters. The van der Waals surface area contributed by atoms with E-state index >= 15 is 0 Å². The zero-order valence-corrected chi connectivity index (χ0v) is 12.8. The minimum Gasteiger partial charge on any atom is -0.495 e. The average Bonchev–Trinajstić information content (AvgIpc) is 2.37. The van der Waals surface area contributed by atoms with Crippen LogP contribution in [0.5, 0.6) is 5.75 Å². The van der Waals surface area contributed by atoms with E-state index in [0.29, 0.717) is 17.0 Å². The Balaban J connectivity index is 2.23. The number of hydrogen-bond acceptors (Lipinski definition) is 3. The number of halogens is 1. The SMILES string of the molecule is COc1cc(C(=O)Nc2cc(C)cc(Br)c2)ccc1N. The zero-order chi connectivity index (χ0) is 14.7. The molecule has 4 nitrogen and oxygen atoms in total. The van der Waals surface area contributed by atoms with Crippen molar-refractivity contribution < 1.29 is 9.53 Å². The maximum absolute atomic E-state index is 12.2. The molecule has 0 saturated carbocycles. The van der Waals surface area contributed by atoms with Gasteiger partial charge in [-0.3, -0.25) is 4.79 Å². The van der Waals surface area contributed by atoms with Crippen molar-refractivity contribution in [3.8, 4) is 5.75 Å². The predicted octanol–water partition coefficient (Wildman–Crippen LogP) is 3.60. The van der Waals surface area contributed by atoms with E-state index in [1.165, 1.54) is 7.11 Å². The number of amides is 1. The Hall–Kier alpha value is -2.01. The summed E-state index contributed by atoms with van der Waals surface area (Å²) in [7, 11) is 1.52. The van der Waals surface area contributed by atoms with Crippen LogP contribution in [0.1, 0.15) is 15.9 Å². The van der Waals surface area contributed by atoms with Crippen molar-refractivity contribution in [2.45, 2.75) is 6.92 Å². The van der Waals surface area contributed by atoms with Crippen molar-refractivity contribution in [1.29, 1.82) is 0 Å². The molecule has 0 bridgehead atoms. The summed E-state index contributed by atoms with van der Waals surface area (Å²) >= 11 is 3.40. The number of anilines is 2. The Morgan fingerprint density at radius 1 is 1.25 bits per heavy atom. The Kier molecular flexibility index (Phi) is 4.29. The van der Waals surface area contributed by atoms with Gasteiger partial charge in [-0.2, -0.15) is 0 Å². The molecule has 0 aliphatic carbocycles. The number of methoxy groups -OCH3 is 1. The van der Waals surface area contributed by atoms with Gasteiger partial charge in [0.1, 0.15) is 5.75 Å². The Morgan fingerprint density at radius 2 is 2.00 bits per heavy atom. The van der Waals surface area contributed by atoms with E-state index in [-0.39, 0.29) is 5.91 Å². The number of ether oxygens (including phenoxy) is 1. The van der Waals surface area contributed by atoms with Gasteiger partial charge in [0.15, 0.2) is 0 Å². The highest BCUT2D eigenvalue weighted by atomic mass is 79.9. The molecule has 2 aromatic carbocycles. The lowest BCUT2D eigenvalue weighted by Gasteiger charge is -2.09. The minimum atomic E-state index is -0.208. The summed E-state index contributed by atoms with van der Waals surface area (Å²) in [5.74, 6) is 0.281. The molecule has 1 amide bonds. The van der Waals surface area contributed by atoms with Crippen molar-refractivity contribution in [1.82, 2.24) is 0 Å². The van der Waals surface area contributed by atoms with Crippen LogP contribution in [0.15, 0.2) is 40.9 Å². The van der Waals surface area contributed by atoms with Gasteiger partial charge < -0.3 is 15.8 Å². The van der Waals surface area contributed by atoms with Crippen molar-refractivity contribution in [3.05, 3.63) is 52.0 Å². The van der Waals surface area contributed by atoms with Crippen molar-refractivity contribution >= 4 is 33.2 Å². The number of nitrogens with one attached hydrogen (secondary N) is 1. The molecule has 0 aliphatic rings. The number of hydrogen-bond donors (Lipinski definition) is 2. The predicted molar refractivity (Wildman–Crippen MR) is 84.2 cm³/mol. The molecule has 2 aromatic rings. The molecule has 0 radical (unpaired) electrons. The van der Waals surface area contributed by atoms with Gasteiger partial charge in [-0.25, -0.2) is 0 Å². The van der Waals surface area contributed by atoms with Crippen LogP contribution in [0.2, 0.25) is 0 Å². The van der Waals surface area contributed by atoms with Gasteiger partial charge >= 0.3 is 0 Å². The maximum Gasteiger partial charge on any atom is 0.255 e. The highest BCUT2D eigenvalue weighted by molar-refractivity contribution is 9.10. The van der Waals surface area contributed by atoms with Gasteiger partial charge in [0, 0.05) is 15.7 Å². The lowest BCUT2D eigenvalue weighted by Crippen LogP contribution is -2.12. The maximum atomic E-state index is 12.2. The van der Waals surface area contributed by atoms with E-state index in [4.69, 9.17) is 10.5 Å². The number of benzene rings is 2. The van der Waals surface area contributed by atoms with Gasteiger partial charge in [-0.15, -0.1) is 0 Å². The van der Waals surface area contributed by atoms with Crippen LogP contribution < -0.4 is 15.8 Å². The van der Waals surface area contributed by atoms with Gasteiger partial charge in [0.2, 0.25) is 0 Å². The first-order valence-electron chi connectivity index (χ1n) is 6.01. The number of nitrogen functional groups attached to an aromatic ring is 1. The molecule has 0 fully saturated rings. The summed E-state index contributed by atoms with van der Waals surface area (Å²) in [5, 5.41) is 2.85. The molecule has 0 aromatic heterocycles. The van der Waals surface area contributed by atoms with Crippen molar-refractivity contribution in [3.63, 3.8) is 0 Å². The van der Waals surface area contributed by atoms with E-state index in [0.717, 1.165) is 15.7 Å². The normalized spacial score (nSPS) is 10.2. The Bertz CT molecular complexity index is 636. The standard InChI is InChI=1S/C15H15BrN2O2/c1-9-5-11(16)8-12(6-9)18-15(19)10-3-4-13(17)14(7-10)20-2/h3-8H,17H2,1-2H3,(H,18,19). The van der Waals surface area contributed by atoms with Crippen LogP contribution in [0.4, 0.5) is 11.4 Å². The van der Waals surface area contributed by atoms with Crippen LogP contribution in [-0.4, -0.2) is 13.0 Å². The van der Waals surface area contributed by atoms with Gasteiger partial charge in [0.25, 0.3) is 5.91 Å². The molecular weight excluding hydrogens is 320 g/mol. The number of carbonyl (C=O) groups excluding carboxylic acids is 1. The highest BCUT2D eigenvalue weighted by Crippen LogP contribution is 2.24. The largest absolute Gasteiger partial charge is 0.495 e. The van der Waals surface area contributed by atoms with E-state index in [2.05, 4.69) is 21.2 Å². The number of nitrogens with two attached hydrogens (primary N) is 1. The number of rotatable bonds is 3. The Labute approximate surface area is 126 Å². The minimum absolute atomic E-state index is 0.208. The summed E-state index contributed by atoms with van der Waals surface area (Å²) in [4.78, 5) is 12.2. The number of aryl methyl sites for hydroxylation is 1. The summed E-state index contributed by atoms with van der Waals surface area (Å²) in [5.41, 5.74) is 8.52. The lowest BCUT2D eigenvalue weighted by molar-refractivity contribution is 0.102.